The molecule has 1 aromatic rings. The summed E-state index contributed by atoms with van der Waals surface area (Å²) < 4.78 is 5.62. The zero-order valence-corrected chi connectivity index (χ0v) is 21.9. The first-order valence-electron chi connectivity index (χ1n) is 10.3. The van der Waals surface area contributed by atoms with Gasteiger partial charge in [0.25, 0.3) is 0 Å². The van der Waals surface area contributed by atoms with Crippen LogP contribution in [0.25, 0.3) is 0 Å². The van der Waals surface area contributed by atoms with Crippen LogP contribution in [0.1, 0.15) is 52.1 Å². The Balaban J connectivity index is 0.00000320. The molecule has 0 aliphatic carbocycles. The van der Waals surface area contributed by atoms with Gasteiger partial charge in [-0.25, -0.2) is 9.78 Å². The number of nitrogens with zero attached hydrogens (tertiary/aromatic N) is 4. The molecule has 2 bridgehead atoms. The fourth-order valence-corrected chi connectivity index (χ4v) is 4.81. The first kappa shape index (κ1) is 25.0. The van der Waals surface area contributed by atoms with Gasteiger partial charge in [0.05, 0.1) is 12.2 Å². The molecule has 2 aliphatic rings. The zero-order valence-electron chi connectivity index (χ0n) is 18.8. The molecule has 170 valence electrons. The van der Waals surface area contributed by atoms with Crippen LogP contribution in [0.4, 0.5) is 9.93 Å². The van der Waals surface area contributed by atoms with Gasteiger partial charge in [0.15, 0.2) is 11.1 Å². The standard InChI is InChI=1S/C20H34N6O2S.HI/c1-20(2,3)28-19(27)26-15-7-8-16(26)10-13(9-15)23-17(21-4)22-11-14-12-29-18(24-14)25(5)6;/h12-13,15-16H,7-11H2,1-6H3,(H2,21,22,23);1H. The van der Waals surface area contributed by atoms with E-state index >= 15 is 0 Å². The highest BCUT2D eigenvalue weighted by Gasteiger charge is 2.45. The maximum atomic E-state index is 12.6. The number of halogens is 1. The Morgan fingerprint density at radius 1 is 1.33 bits per heavy atom. The summed E-state index contributed by atoms with van der Waals surface area (Å²) in [7, 11) is 5.77. The lowest BCUT2D eigenvalue weighted by atomic mass is 9.98. The highest BCUT2D eigenvalue weighted by atomic mass is 127. The quantitative estimate of drug-likeness (QED) is 0.340. The third-order valence-corrected chi connectivity index (χ3v) is 6.32. The van der Waals surface area contributed by atoms with Gasteiger partial charge in [-0.05, 0) is 46.5 Å². The molecule has 2 N–H and O–H groups in total. The average molecular weight is 551 g/mol. The van der Waals surface area contributed by atoms with Crippen LogP contribution in [-0.4, -0.2) is 66.8 Å². The summed E-state index contributed by atoms with van der Waals surface area (Å²) in [6.45, 7) is 6.38. The highest BCUT2D eigenvalue weighted by molar-refractivity contribution is 14.0. The van der Waals surface area contributed by atoms with Crippen molar-refractivity contribution < 1.29 is 9.53 Å². The molecule has 10 heteroatoms. The Bertz CT molecular complexity index is 734. The van der Waals surface area contributed by atoms with Crippen LogP contribution < -0.4 is 15.5 Å². The highest BCUT2D eigenvalue weighted by Crippen LogP contribution is 2.36. The van der Waals surface area contributed by atoms with Crippen molar-refractivity contribution >= 4 is 52.5 Å². The van der Waals surface area contributed by atoms with Crippen LogP contribution in [0.2, 0.25) is 0 Å². The molecule has 2 unspecified atom stereocenters. The Morgan fingerprint density at radius 3 is 2.47 bits per heavy atom. The molecule has 30 heavy (non-hydrogen) atoms. The van der Waals surface area contributed by atoms with Gasteiger partial charge in [-0.1, -0.05) is 0 Å². The van der Waals surface area contributed by atoms with E-state index in [1.165, 1.54) is 0 Å². The summed E-state index contributed by atoms with van der Waals surface area (Å²) in [6, 6.07) is 0.769. The van der Waals surface area contributed by atoms with Gasteiger partial charge in [-0.15, -0.1) is 35.3 Å². The first-order chi connectivity index (χ1) is 13.7. The molecule has 2 fully saturated rings. The third kappa shape index (κ3) is 6.35. The van der Waals surface area contributed by atoms with Crippen molar-refractivity contribution in [2.24, 2.45) is 4.99 Å². The second kappa shape index (κ2) is 10.3. The van der Waals surface area contributed by atoms with Crippen LogP contribution in [0.3, 0.4) is 0 Å². The zero-order chi connectivity index (χ0) is 21.2. The van der Waals surface area contributed by atoms with E-state index in [0.717, 1.165) is 42.5 Å². The largest absolute Gasteiger partial charge is 0.444 e. The van der Waals surface area contributed by atoms with E-state index in [1.807, 2.05) is 44.7 Å². The second-order valence-corrected chi connectivity index (χ2v) is 9.86. The van der Waals surface area contributed by atoms with Gasteiger partial charge in [0, 0.05) is 44.6 Å². The molecule has 3 heterocycles. The van der Waals surface area contributed by atoms with Crippen molar-refractivity contribution in [2.45, 2.75) is 76.7 Å². The smallest absolute Gasteiger partial charge is 0.410 e. The van der Waals surface area contributed by atoms with E-state index in [-0.39, 0.29) is 42.2 Å². The summed E-state index contributed by atoms with van der Waals surface area (Å²) in [5.41, 5.74) is 0.543. The number of ether oxygens (including phenoxy) is 1. The van der Waals surface area contributed by atoms with Crippen LogP contribution in [-0.2, 0) is 11.3 Å². The lowest BCUT2D eigenvalue weighted by molar-refractivity contribution is 0.00545. The molecule has 2 atom stereocenters. The summed E-state index contributed by atoms with van der Waals surface area (Å²) in [5.74, 6) is 0.777. The monoisotopic (exact) mass is 550 g/mol. The Hall–Kier alpha value is -1.30. The number of aromatic nitrogens is 1. The number of anilines is 1. The first-order valence-corrected chi connectivity index (χ1v) is 11.1. The van der Waals surface area contributed by atoms with Crippen LogP contribution in [0, 0.1) is 0 Å². The normalized spacial score (nSPS) is 23.6. The molecule has 3 rings (SSSR count). The van der Waals surface area contributed by atoms with Crippen LogP contribution in [0.5, 0.6) is 0 Å². The fourth-order valence-electron chi connectivity index (χ4n) is 4.05. The number of thiazole rings is 1. The minimum atomic E-state index is -0.459. The molecule has 2 saturated heterocycles. The van der Waals surface area contributed by atoms with Gasteiger partial charge in [-0.2, -0.15) is 0 Å². The molecule has 8 nitrogen and oxygen atoms in total. The number of aliphatic imine (C=N–C) groups is 1. The molecule has 2 aliphatic heterocycles. The minimum absolute atomic E-state index is 0. The fraction of sp³-hybridized carbons (Fsp3) is 0.750. The number of carbonyl (C=O) groups excluding carboxylic acids is 1. The van der Waals surface area contributed by atoms with E-state index in [4.69, 9.17) is 4.74 Å². The lowest BCUT2D eigenvalue weighted by Gasteiger charge is -2.40. The Kier molecular flexibility index (Phi) is 8.60. The summed E-state index contributed by atoms with van der Waals surface area (Å²) in [6.07, 6.45) is 3.74. The average Bonchev–Trinajstić information content (AvgIpc) is 3.20. The van der Waals surface area contributed by atoms with Crippen molar-refractivity contribution in [1.29, 1.82) is 0 Å². The topological polar surface area (TPSA) is 82.1 Å². The Morgan fingerprint density at radius 2 is 1.97 bits per heavy atom. The lowest BCUT2D eigenvalue weighted by Crippen LogP contribution is -2.54. The van der Waals surface area contributed by atoms with Crippen LogP contribution in [0.15, 0.2) is 10.4 Å². The van der Waals surface area contributed by atoms with E-state index in [1.54, 1.807) is 18.4 Å². The molecule has 0 aromatic carbocycles. The van der Waals surface area contributed by atoms with Crippen molar-refractivity contribution in [1.82, 2.24) is 20.5 Å². The second-order valence-electron chi connectivity index (χ2n) is 9.03. The van der Waals surface area contributed by atoms with E-state index in [2.05, 4.69) is 26.0 Å². The number of carbonyl (C=O) groups is 1. The van der Waals surface area contributed by atoms with E-state index in [9.17, 15) is 4.79 Å². The molecular formula is C20H35IN6O2S. The predicted molar refractivity (Wildman–Crippen MR) is 133 cm³/mol. The van der Waals surface area contributed by atoms with Gasteiger partial charge in [0.1, 0.15) is 5.60 Å². The maximum Gasteiger partial charge on any atom is 0.410 e. The number of guanidine groups is 1. The number of fused-ring (bicyclic) bond motifs is 2. The summed E-state index contributed by atoms with van der Waals surface area (Å²) in [5, 5.41) is 9.96. The summed E-state index contributed by atoms with van der Waals surface area (Å²) in [4.78, 5) is 25.5. The van der Waals surface area contributed by atoms with Gasteiger partial charge < -0.3 is 25.2 Å². The minimum Gasteiger partial charge on any atom is -0.444 e. The molecule has 0 spiro atoms. The van der Waals surface area contributed by atoms with Gasteiger partial charge >= 0.3 is 6.09 Å². The van der Waals surface area contributed by atoms with Gasteiger partial charge in [0.2, 0.25) is 0 Å². The number of rotatable bonds is 4. The number of hydrogen-bond acceptors (Lipinski definition) is 6. The number of piperidine rings is 1. The predicted octanol–water partition coefficient (Wildman–Crippen LogP) is 3.42. The van der Waals surface area contributed by atoms with Crippen molar-refractivity contribution in [3.05, 3.63) is 11.1 Å². The van der Waals surface area contributed by atoms with Gasteiger partial charge in [-0.3, -0.25) is 4.99 Å². The molecule has 1 aromatic heterocycles. The Labute approximate surface area is 200 Å². The molecular weight excluding hydrogens is 515 g/mol. The molecule has 1 amide bonds. The number of amides is 1. The van der Waals surface area contributed by atoms with Crippen molar-refractivity contribution in [3.63, 3.8) is 0 Å². The maximum absolute atomic E-state index is 12.6. The SMILES string of the molecule is CN=C(NCc1csc(N(C)C)n1)NC1CC2CCC(C1)N2C(=O)OC(C)(C)C.I. The summed E-state index contributed by atoms with van der Waals surface area (Å²) >= 11 is 1.63. The van der Waals surface area contributed by atoms with E-state index < -0.39 is 5.60 Å². The third-order valence-electron chi connectivity index (χ3n) is 5.26. The van der Waals surface area contributed by atoms with Crippen molar-refractivity contribution in [3.8, 4) is 0 Å². The molecule has 0 saturated carbocycles. The van der Waals surface area contributed by atoms with Crippen LogP contribution >= 0.6 is 35.3 Å². The number of hydrogen-bond donors (Lipinski definition) is 2. The molecule has 0 radical (unpaired) electrons. The van der Waals surface area contributed by atoms with Crippen molar-refractivity contribution in [2.75, 3.05) is 26.0 Å². The number of nitrogens with one attached hydrogen (secondary N) is 2. The van der Waals surface area contributed by atoms with E-state index in [0.29, 0.717) is 12.6 Å².